The fourth-order valence-electron chi connectivity index (χ4n) is 8.46. The number of nitrogens with zero attached hydrogens (tertiary/aromatic N) is 3. The molecule has 63 heavy (non-hydrogen) atoms. The van der Waals surface area contributed by atoms with Gasteiger partial charge in [-0.05, 0) is 70.8 Å². The molecule has 2 heterocycles. The molecule has 0 aliphatic carbocycles. The lowest BCUT2D eigenvalue weighted by molar-refractivity contribution is -0.137. The van der Waals surface area contributed by atoms with Crippen LogP contribution in [0.1, 0.15) is 11.1 Å². The van der Waals surface area contributed by atoms with Gasteiger partial charge in [-0.25, -0.2) is 9.97 Å². The van der Waals surface area contributed by atoms with Crippen LogP contribution >= 0.6 is 0 Å². The molecule has 0 saturated heterocycles. The van der Waals surface area contributed by atoms with Gasteiger partial charge in [0.2, 0.25) is 0 Å². The molecule has 3 nitrogen and oxygen atoms in total. The van der Waals surface area contributed by atoms with Crippen LogP contribution in [0.2, 0.25) is 0 Å². The summed E-state index contributed by atoms with van der Waals surface area (Å²) in [6, 6.07) is 56.9. The lowest BCUT2D eigenvalue weighted by atomic mass is 9.88. The summed E-state index contributed by atoms with van der Waals surface area (Å²) in [7, 11) is 0. The highest BCUT2D eigenvalue weighted by atomic mass is 19.4. The Morgan fingerprint density at radius 2 is 0.794 bits per heavy atom. The number of para-hydroxylation sites is 1. The van der Waals surface area contributed by atoms with Gasteiger partial charge in [-0.2, -0.15) is 26.3 Å². The Bertz CT molecular complexity index is 3170. The molecule has 0 fully saturated rings. The molecule has 306 valence electrons. The number of hydrogen-bond donors (Lipinski definition) is 0. The molecule has 0 aliphatic heterocycles. The van der Waals surface area contributed by atoms with Gasteiger partial charge in [-0.3, -0.25) is 0 Å². The quantitative estimate of drug-likeness (QED) is 0.150. The zero-order valence-corrected chi connectivity index (χ0v) is 33.2. The molecule has 2 aromatic heterocycles. The maximum atomic E-state index is 15.3. The largest absolute Gasteiger partial charge is 0.417 e. The number of benzene rings is 8. The summed E-state index contributed by atoms with van der Waals surface area (Å²) in [5, 5.41) is 1.55. The molecule has 0 N–H and O–H groups in total. The van der Waals surface area contributed by atoms with Gasteiger partial charge in [0, 0.05) is 38.6 Å². The van der Waals surface area contributed by atoms with E-state index in [1.54, 1.807) is 22.8 Å². The van der Waals surface area contributed by atoms with Crippen molar-refractivity contribution in [3.8, 4) is 73.0 Å². The van der Waals surface area contributed by atoms with Crippen LogP contribution < -0.4 is 0 Å². The van der Waals surface area contributed by atoms with Crippen LogP contribution in [-0.4, -0.2) is 14.5 Å². The van der Waals surface area contributed by atoms with E-state index in [1.807, 2.05) is 133 Å². The predicted octanol–water partition coefficient (Wildman–Crippen LogP) is 15.6. The van der Waals surface area contributed by atoms with Crippen molar-refractivity contribution in [1.82, 2.24) is 14.5 Å². The highest BCUT2D eigenvalue weighted by Gasteiger charge is 2.37. The SMILES string of the molecule is FC(F)(F)c1ccccc1-c1cc(-c2cc(-c3ccccc3)nc(-c3ccccc3)n2)cc(-c2ccccc2C(F)(F)F)c1-n1c2ccccc2c2cc(-c3ccccc3)ccc21. The van der Waals surface area contributed by atoms with Crippen LogP contribution in [0.3, 0.4) is 0 Å². The first kappa shape index (κ1) is 39.4. The second-order valence-corrected chi connectivity index (χ2v) is 15.2. The van der Waals surface area contributed by atoms with Gasteiger partial charge in [-0.15, -0.1) is 0 Å². The van der Waals surface area contributed by atoms with Crippen LogP contribution in [0.4, 0.5) is 26.3 Å². The number of fused-ring (bicyclic) bond motifs is 3. The molecular weight excluding hydrogens is 805 g/mol. The van der Waals surface area contributed by atoms with Gasteiger partial charge in [0.15, 0.2) is 5.82 Å². The second kappa shape index (κ2) is 15.6. The molecule has 10 rings (SSSR count). The van der Waals surface area contributed by atoms with E-state index in [0.717, 1.165) is 39.6 Å². The van der Waals surface area contributed by atoms with Crippen LogP contribution in [0.15, 0.2) is 200 Å². The Morgan fingerprint density at radius 1 is 0.333 bits per heavy atom. The summed E-state index contributed by atoms with van der Waals surface area (Å²) in [6.45, 7) is 0. The second-order valence-electron chi connectivity index (χ2n) is 15.2. The van der Waals surface area contributed by atoms with Crippen molar-refractivity contribution in [2.45, 2.75) is 12.4 Å². The molecule has 8 aromatic carbocycles. The molecule has 0 radical (unpaired) electrons. The first-order valence-corrected chi connectivity index (χ1v) is 20.1. The third-order valence-corrected chi connectivity index (χ3v) is 11.3. The summed E-state index contributed by atoms with van der Waals surface area (Å²) in [5.41, 5.74) is 3.57. The zero-order chi connectivity index (χ0) is 43.3. The molecule has 0 amide bonds. The number of rotatable bonds is 7. The maximum Gasteiger partial charge on any atom is 0.417 e. The summed E-state index contributed by atoms with van der Waals surface area (Å²) in [6.07, 6.45) is -9.65. The Balaban J connectivity index is 1.38. The van der Waals surface area contributed by atoms with Gasteiger partial charge in [0.1, 0.15) is 0 Å². The van der Waals surface area contributed by atoms with E-state index in [-0.39, 0.29) is 27.9 Å². The topological polar surface area (TPSA) is 30.7 Å². The van der Waals surface area contributed by atoms with Crippen molar-refractivity contribution in [2.75, 3.05) is 0 Å². The Morgan fingerprint density at radius 3 is 1.37 bits per heavy atom. The smallest absolute Gasteiger partial charge is 0.308 e. The highest BCUT2D eigenvalue weighted by molar-refractivity contribution is 6.12. The Hall–Kier alpha value is -7.78. The molecule has 9 heteroatoms. The molecule has 0 bridgehead atoms. The number of hydrogen-bond acceptors (Lipinski definition) is 2. The third-order valence-electron chi connectivity index (χ3n) is 11.3. The van der Waals surface area contributed by atoms with Gasteiger partial charge >= 0.3 is 12.4 Å². The molecular formula is C54H33F6N3. The summed E-state index contributed by atoms with van der Waals surface area (Å²) in [5.74, 6) is 0.335. The van der Waals surface area contributed by atoms with Crippen LogP contribution in [0.5, 0.6) is 0 Å². The van der Waals surface area contributed by atoms with Gasteiger partial charge < -0.3 is 4.57 Å². The van der Waals surface area contributed by atoms with E-state index >= 15 is 26.3 Å². The van der Waals surface area contributed by atoms with Crippen LogP contribution in [0, 0.1) is 0 Å². The number of aromatic nitrogens is 3. The van der Waals surface area contributed by atoms with Crippen molar-refractivity contribution in [2.24, 2.45) is 0 Å². The number of halogens is 6. The summed E-state index contributed by atoms with van der Waals surface area (Å²) < 4.78 is 93.6. The molecule has 0 unspecified atom stereocenters. The van der Waals surface area contributed by atoms with Gasteiger partial charge in [-0.1, -0.05) is 152 Å². The predicted molar refractivity (Wildman–Crippen MR) is 239 cm³/mol. The van der Waals surface area contributed by atoms with Crippen molar-refractivity contribution >= 4 is 21.8 Å². The lowest BCUT2D eigenvalue weighted by Gasteiger charge is -2.24. The minimum atomic E-state index is -4.82. The Kier molecular flexibility index (Phi) is 9.75. The number of alkyl halides is 6. The first-order valence-electron chi connectivity index (χ1n) is 20.1. The molecule has 0 spiro atoms. The van der Waals surface area contributed by atoms with Crippen LogP contribution in [-0.2, 0) is 12.4 Å². The van der Waals surface area contributed by atoms with E-state index in [0.29, 0.717) is 39.4 Å². The minimum absolute atomic E-state index is 0.0586. The maximum absolute atomic E-state index is 15.3. The summed E-state index contributed by atoms with van der Waals surface area (Å²) >= 11 is 0. The van der Waals surface area contributed by atoms with E-state index in [2.05, 4.69) is 0 Å². The van der Waals surface area contributed by atoms with E-state index in [1.165, 1.54) is 36.4 Å². The molecule has 10 aromatic rings. The first-order chi connectivity index (χ1) is 30.5. The molecule has 0 saturated carbocycles. The van der Waals surface area contributed by atoms with Gasteiger partial charge in [0.25, 0.3) is 0 Å². The standard InChI is InChI=1S/C54H33F6N3/c55-53(56,57)45-25-13-10-22-39(45)43-31-38(48-33-47(35-18-6-2-7-19-35)61-52(62-48)36-20-8-3-9-21-36)32-44(40-23-11-14-26-46(40)54(58,59)60)51(43)63-49-27-15-12-24-41(49)42-30-37(28-29-50(42)63)34-16-4-1-5-17-34/h1-33H. The van der Waals surface area contributed by atoms with Crippen molar-refractivity contribution < 1.29 is 26.3 Å². The van der Waals surface area contributed by atoms with E-state index < -0.39 is 23.5 Å². The average Bonchev–Trinajstić information content (AvgIpc) is 3.64. The average molecular weight is 838 g/mol. The molecule has 0 aliphatic rings. The van der Waals surface area contributed by atoms with Crippen molar-refractivity contribution in [3.63, 3.8) is 0 Å². The zero-order valence-electron chi connectivity index (χ0n) is 33.2. The molecule has 0 atom stereocenters. The summed E-state index contributed by atoms with van der Waals surface area (Å²) in [4.78, 5) is 9.88. The van der Waals surface area contributed by atoms with Crippen LogP contribution in [0.25, 0.3) is 94.8 Å². The van der Waals surface area contributed by atoms with Crippen molar-refractivity contribution in [3.05, 3.63) is 211 Å². The fourth-order valence-corrected chi connectivity index (χ4v) is 8.46. The third kappa shape index (κ3) is 7.31. The Labute approximate surface area is 358 Å². The lowest BCUT2D eigenvalue weighted by Crippen LogP contribution is -2.11. The highest BCUT2D eigenvalue weighted by Crippen LogP contribution is 2.49. The van der Waals surface area contributed by atoms with Crippen molar-refractivity contribution in [1.29, 1.82) is 0 Å². The normalized spacial score (nSPS) is 12.0. The van der Waals surface area contributed by atoms with Gasteiger partial charge in [0.05, 0.1) is 39.2 Å². The van der Waals surface area contributed by atoms with E-state index in [4.69, 9.17) is 9.97 Å². The monoisotopic (exact) mass is 837 g/mol. The fraction of sp³-hybridized carbons (Fsp3) is 0.0370. The minimum Gasteiger partial charge on any atom is -0.308 e. The van der Waals surface area contributed by atoms with E-state index in [9.17, 15) is 0 Å².